The first-order valence-electron chi connectivity index (χ1n) is 7.67. The van der Waals surface area contributed by atoms with E-state index in [1.165, 1.54) is 54.4 Å². The molecule has 0 aliphatic heterocycles. The third-order valence-corrected chi connectivity index (χ3v) is 4.43. The molecule has 104 valence electrons. The molecule has 1 nitrogen and oxygen atoms in total. The van der Waals surface area contributed by atoms with Gasteiger partial charge in [-0.3, -0.25) is 0 Å². The van der Waals surface area contributed by atoms with Crippen molar-refractivity contribution >= 4 is 0 Å². The number of aromatic hydroxyl groups is 1. The average molecular weight is 266 g/mol. The molecule has 0 fully saturated rings. The number of fused-ring (bicyclic) bond motifs is 1. The van der Waals surface area contributed by atoms with E-state index in [4.69, 9.17) is 0 Å². The summed E-state index contributed by atoms with van der Waals surface area (Å²) in [5.74, 6) is 1.21. The van der Waals surface area contributed by atoms with Crippen molar-refractivity contribution in [3.8, 4) is 16.9 Å². The monoisotopic (exact) mass is 266 g/mol. The summed E-state index contributed by atoms with van der Waals surface area (Å²) < 4.78 is 0. The number of phenols is 1. The van der Waals surface area contributed by atoms with E-state index in [1.54, 1.807) is 12.1 Å². The van der Waals surface area contributed by atoms with E-state index >= 15 is 0 Å². The van der Waals surface area contributed by atoms with Crippen LogP contribution in [0.4, 0.5) is 0 Å². The van der Waals surface area contributed by atoms with Crippen molar-refractivity contribution in [2.75, 3.05) is 0 Å². The molecule has 0 bridgehead atoms. The maximum Gasteiger partial charge on any atom is 0.115 e. The Balaban J connectivity index is 1.85. The van der Waals surface area contributed by atoms with Crippen molar-refractivity contribution in [1.82, 2.24) is 0 Å². The van der Waals surface area contributed by atoms with Crippen molar-refractivity contribution < 1.29 is 5.11 Å². The van der Waals surface area contributed by atoms with Gasteiger partial charge in [-0.1, -0.05) is 50.1 Å². The molecule has 0 saturated carbocycles. The van der Waals surface area contributed by atoms with Gasteiger partial charge in [-0.25, -0.2) is 0 Å². The zero-order valence-electron chi connectivity index (χ0n) is 12.1. The standard InChI is InChI=1S/C19H22O/c1-2-3-14-4-5-18-13-17(7-6-16(18)12-14)15-8-10-19(20)11-9-15/h6-11,13-14,20H,2-5,12H2,1H3. The van der Waals surface area contributed by atoms with E-state index < -0.39 is 0 Å². The number of benzene rings is 2. The molecule has 1 unspecified atom stereocenters. The first kappa shape index (κ1) is 13.2. The summed E-state index contributed by atoms with van der Waals surface area (Å²) in [4.78, 5) is 0. The lowest BCUT2D eigenvalue weighted by Gasteiger charge is -2.24. The molecular weight excluding hydrogens is 244 g/mol. The Bertz CT molecular complexity index is 583. The third kappa shape index (κ3) is 2.72. The number of hydrogen-bond acceptors (Lipinski definition) is 1. The normalized spacial score (nSPS) is 17.8. The van der Waals surface area contributed by atoms with Crippen molar-refractivity contribution in [3.05, 3.63) is 53.6 Å². The minimum absolute atomic E-state index is 0.328. The van der Waals surface area contributed by atoms with Gasteiger partial charge in [0.15, 0.2) is 0 Å². The molecular formula is C19H22O. The minimum Gasteiger partial charge on any atom is -0.508 e. The van der Waals surface area contributed by atoms with Gasteiger partial charge in [0.1, 0.15) is 5.75 Å². The zero-order chi connectivity index (χ0) is 13.9. The van der Waals surface area contributed by atoms with E-state index in [0.717, 1.165) is 5.92 Å². The van der Waals surface area contributed by atoms with Gasteiger partial charge in [-0.15, -0.1) is 0 Å². The van der Waals surface area contributed by atoms with Crippen LogP contribution in [-0.4, -0.2) is 5.11 Å². The number of hydrogen-bond donors (Lipinski definition) is 1. The lowest BCUT2D eigenvalue weighted by Crippen LogP contribution is -2.14. The molecule has 2 aromatic carbocycles. The molecule has 0 radical (unpaired) electrons. The summed E-state index contributed by atoms with van der Waals surface area (Å²) in [6, 6.07) is 14.3. The summed E-state index contributed by atoms with van der Waals surface area (Å²) >= 11 is 0. The average Bonchev–Trinajstić information content (AvgIpc) is 2.48. The van der Waals surface area contributed by atoms with Gasteiger partial charge in [0.05, 0.1) is 0 Å². The highest BCUT2D eigenvalue weighted by molar-refractivity contribution is 5.65. The van der Waals surface area contributed by atoms with Crippen LogP contribution in [0.25, 0.3) is 11.1 Å². The van der Waals surface area contributed by atoms with Gasteiger partial charge >= 0.3 is 0 Å². The predicted octanol–water partition coefficient (Wildman–Crippen LogP) is 4.96. The van der Waals surface area contributed by atoms with Crippen LogP contribution in [0.2, 0.25) is 0 Å². The first-order valence-corrected chi connectivity index (χ1v) is 7.67. The molecule has 3 rings (SSSR count). The summed E-state index contributed by atoms with van der Waals surface area (Å²) in [6.45, 7) is 2.28. The highest BCUT2D eigenvalue weighted by Crippen LogP contribution is 2.32. The Morgan fingerprint density at radius 1 is 1.00 bits per heavy atom. The molecule has 1 N–H and O–H groups in total. The minimum atomic E-state index is 0.328. The maximum atomic E-state index is 9.38. The Morgan fingerprint density at radius 2 is 1.75 bits per heavy atom. The lowest BCUT2D eigenvalue weighted by atomic mass is 9.81. The molecule has 20 heavy (non-hydrogen) atoms. The molecule has 0 aromatic heterocycles. The highest BCUT2D eigenvalue weighted by Gasteiger charge is 2.18. The van der Waals surface area contributed by atoms with Gasteiger partial charge < -0.3 is 5.11 Å². The summed E-state index contributed by atoms with van der Waals surface area (Å²) in [5.41, 5.74) is 5.50. The fourth-order valence-corrected chi connectivity index (χ4v) is 3.32. The molecule has 1 aliphatic carbocycles. The molecule has 0 heterocycles. The predicted molar refractivity (Wildman–Crippen MR) is 84.0 cm³/mol. The van der Waals surface area contributed by atoms with E-state index in [2.05, 4.69) is 25.1 Å². The van der Waals surface area contributed by atoms with Crippen molar-refractivity contribution in [2.24, 2.45) is 5.92 Å². The van der Waals surface area contributed by atoms with Gasteiger partial charge in [0.2, 0.25) is 0 Å². The summed E-state index contributed by atoms with van der Waals surface area (Å²) in [5, 5.41) is 9.38. The van der Waals surface area contributed by atoms with Crippen LogP contribution < -0.4 is 0 Å². The molecule has 0 spiro atoms. The van der Waals surface area contributed by atoms with E-state index in [-0.39, 0.29) is 0 Å². The number of rotatable bonds is 3. The van der Waals surface area contributed by atoms with Crippen molar-refractivity contribution in [3.63, 3.8) is 0 Å². The highest BCUT2D eigenvalue weighted by atomic mass is 16.3. The maximum absolute atomic E-state index is 9.38. The smallest absolute Gasteiger partial charge is 0.115 e. The fourth-order valence-electron chi connectivity index (χ4n) is 3.32. The van der Waals surface area contributed by atoms with E-state index in [0.29, 0.717) is 5.75 Å². The van der Waals surface area contributed by atoms with Crippen LogP contribution in [0.3, 0.4) is 0 Å². The second kappa shape index (κ2) is 5.70. The number of phenolic OH excluding ortho intramolecular Hbond substituents is 1. The van der Waals surface area contributed by atoms with Crippen LogP contribution >= 0.6 is 0 Å². The van der Waals surface area contributed by atoms with Gasteiger partial charge in [-0.05, 0) is 59.6 Å². The topological polar surface area (TPSA) is 20.2 Å². The van der Waals surface area contributed by atoms with E-state index in [1.807, 2.05) is 12.1 Å². The molecule has 0 saturated heterocycles. The Labute approximate surface area is 121 Å². The summed E-state index contributed by atoms with van der Waals surface area (Å²) in [6.07, 6.45) is 6.45. The molecule has 1 aliphatic rings. The Morgan fingerprint density at radius 3 is 2.50 bits per heavy atom. The Hall–Kier alpha value is -1.76. The van der Waals surface area contributed by atoms with Gasteiger partial charge in [-0.2, -0.15) is 0 Å². The van der Waals surface area contributed by atoms with Gasteiger partial charge in [0, 0.05) is 0 Å². The summed E-state index contributed by atoms with van der Waals surface area (Å²) in [7, 11) is 0. The quantitative estimate of drug-likeness (QED) is 0.832. The van der Waals surface area contributed by atoms with Gasteiger partial charge in [0.25, 0.3) is 0 Å². The Kier molecular flexibility index (Phi) is 3.77. The molecule has 1 atom stereocenters. The lowest BCUT2D eigenvalue weighted by molar-refractivity contribution is 0.423. The largest absolute Gasteiger partial charge is 0.508 e. The van der Waals surface area contributed by atoms with Crippen molar-refractivity contribution in [1.29, 1.82) is 0 Å². The second-order valence-corrected chi connectivity index (χ2v) is 5.93. The second-order valence-electron chi connectivity index (χ2n) is 5.93. The zero-order valence-corrected chi connectivity index (χ0v) is 12.1. The fraction of sp³-hybridized carbons (Fsp3) is 0.368. The van der Waals surface area contributed by atoms with E-state index in [9.17, 15) is 5.11 Å². The van der Waals surface area contributed by atoms with Crippen LogP contribution in [0, 0.1) is 5.92 Å². The number of aryl methyl sites for hydroxylation is 1. The first-order chi connectivity index (χ1) is 9.76. The van der Waals surface area contributed by atoms with Crippen LogP contribution in [0.1, 0.15) is 37.3 Å². The van der Waals surface area contributed by atoms with Crippen LogP contribution in [-0.2, 0) is 12.8 Å². The SMILES string of the molecule is CCCC1CCc2cc(-c3ccc(O)cc3)ccc2C1. The molecule has 1 heteroatoms. The molecule has 0 amide bonds. The van der Waals surface area contributed by atoms with Crippen LogP contribution in [0.5, 0.6) is 5.75 Å². The third-order valence-electron chi connectivity index (χ3n) is 4.43. The van der Waals surface area contributed by atoms with Crippen molar-refractivity contribution in [2.45, 2.75) is 39.0 Å². The van der Waals surface area contributed by atoms with Crippen LogP contribution in [0.15, 0.2) is 42.5 Å². The molecule has 2 aromatic rings.